The van der Waals surface area contributed by atoms with Crippen LogP contribution in [0.4, 0.5) is 0 Å². The van der Waals surface area contributed by atoms with Gasteiger partial charge in [-0.25, -0.2) is 0 Å². The molecule has 0 aliphatic rings. The average molecular weight is 348 g/mol. The molecule has 0 fully saturated rings. The number of hydrogen-bond acceptors (Lipinski definition) is 5. The van der Waals surface area contributed by atoms with Gasteiger partial charge in [-0.05, 0) is 60.0 Å². The standard InChI is InChI=1S/C18H24N2O3S/c1-3-20-18(21)12-23-16-5-4-15(10-17(16)22-2)11-19-8-6-14-7-9-24-13-14/h4-5,7,9-10,13,19H,3,6,8,11-12H2,1-2H3,(H,20,21). The summed E-state index contributed by atoms with van der Waals surface area (Å²) in [6.45, 7) is 4.14. The monoisotopic (exact) mass is 348 g/mol. The van der Waals surface area contributed by atoms with E-state index in [0.29, 0.717) is 18.0 Å². The largest absolute Gasteiger partial charge is 0.493 e. The Morgan fingerprint density at radius 2 is 2.08 bits per heavy atom. The van der Waals surface area contributed by atoms with Crippen molar-refractivity contribution in [1.29, 1.82) is 0 Å². The minimum atomic E-state index is -0.140. The number of benzene rings is 1. The summed E-state index contributed by atoms with van der Waals surface area (Å²) in [5.74, 6) is 1.07. The van der Waals surface area contributed by atoms with Crippen molar-refractivity contribution in [3.05, 3.63) is 46.2 Å². The molecule has 0 spiro atoms. The third-order valence-corrected chi connectivity index (χ3v) is 4.19. The second kappa shape index (κ2) is 9.95. The molecule has 0 aliphatic carbocycles. The van der Waals surface area contributed by atoms with Crippen molar-refractivity contribution in [2.45, 2.75) is 19.9 Å². The van der Waals surface area contributed by atoms with Gasteiger partial charge in [-0.15, -0.1) is 0 Å². The van der Waals surface area contributed by atoms with Crippen LogP contribution in [-0.2, 0) is 17.8 Å². The van der Waals surface area contributed by atoms with Crippen LogP contribution in [0.25, 0.3) is 0 Å². The maximum atomic E-state index is 11.5. The van der Waals surface area contributed by atoms with Crippen molar-refractivity contribution < 1.29 is 14.3 Å². The molecule has 1 aromatic carbocycles. The Morgan fingerprint density at radius 1 is 1.21 bits per heavy atom. The maximum Gasteiger partial charge on any atom is 0.257 e. The van der Waals surface area contributed by atoms with Gasteiger partial charge in [-0.3, -0.25) is 4.79 Å². The molecule has 1 amide bonds. The fraction of sp³-hybridized carbons (Fsp3) is 0.389. The molecule has 0 radical (unpaired) electrons. The van der Waals surface area contributed by atoms with Gasteiger partial charge in [0.05, 0.1) is 7.11 Å². The van der Waals surface area contributed by atoms with Crippen LogP contribution in [0.3, 0.4) is 0 Å². The van der Waals surface area contributed by atoms with Crippen molar-refractivity contribution in [1.82, 2.24) is 10.6 Å². The number of ether oxygens (including phenoxy) is 2. The van der Waals surface area contributed by atoms with E-state index in [2.05, 4.69) is 27.5 Å². The second-order valence-electron chi connectivity index (χ2n) is 5.29. The Bertz CT molecular complexity index is 629. The Kier molecular flexibility index (Phi) is 7.58. The zero-order chi connectivity index (χ0) is 17.2. The summed E-state index contributed by atoms with van der Waals surface area (Å²) in [5.41, 5.74) is 2.47. The van der Waals surface area contributed by atoms with Crippen molar-refractivity contribution >= 4 is 17.2 Å². The van der Waals surface area contributed by atoms with Crippen LogP contribution >= 0.6 is 11.3 Å². The molecule has 2 rings (SSSR count). The van der Waals surface area contributed by atoms with E-state index in [1.807, 2.05) is 25.1 Å². The first-order valence-corrected chi connectivity index (χ1v) is 8.95. The minimum Gasteiger partial charge on any atom is -0.493 e. The third kappa shape index (κ3) is 5.86. The quantitative estimate of drug-likeness (QED) is 0.648. The summed E-state index contributed by atoms with van der Waals surface area (Å²) >= 11 is 1.72. The number of thiophene rings is 1. The predicted octanol–water partition coefficient (Wildman–Crippen LogP) is 2.60. The maximum absolute atomic E-state index is 11.5. The molecule has 130 valence electrons. The van der Waals surface area contributed by atoms with E-state index in [-0.39, 0.29) is 12.5 Å². The lowest BCUT2D eigenvalue weighted by Gasteiger charge is -2.12. The molecule has 0 saturated carbocycles. The van der Waals surface area contributed by atoms with E-state index >= 15 is 0 Å². The number of nitrogens with one attached hydrogen (secondary N) is 2. The minimum absolute atomic E-state index is 0.0115. The van der Waals surface area contributed by atoms with Crippen LogP contribution < -0.4 is 20.1 Å². The van der Waals surface area contributed by atoms with Gasteiger partial charge in [0.15, 0.2) is 18.1 Å². The number of carbonyl (C=O) groups is 1. The number of hydrogen-bond donors (Lipinski definition) is 2. The lowest BCUT2D eigenvalue weighted by atomic mass is 10.2. The molecule has 1 heterocycles. The van der Waals surface area contributed by atoms with Gasteiger partial charge in [0.1, 0.15) is 0 Å². The van der Waals surface area contributed by atoms with Crippen LogP contribution in [-0.4, -0.2) is 32.7 Å². The van der Waals surface area contributed by atoms with E-state index in [1.54, 1.807) is 18.4 Å². The Hall–Kier alpha value is -2.05. The molecule has 6 heteroatoms. The first-order valence-electron chi connectivity index (χ1n) is 8.01. The summed E-state index contributed by atoms with van der Waals surface area (Å²) in [6, 6.07) is 7.90. The van der Waals surface area contributed by atoms with Crippen molar-refractivity contribution in [2.24, 2.45) is 0 Å². The Morgan fingerprint density at radius 3 is 2.79 bits per heavy atom. The number of rotatable bonds is 10. The highest BCUT2D eigenvalue weighted by molar-refractivity contribution is 7.07. The SMILES string of the molecule is CCNC(=O)COc1ccc(CNCCc2ccsc2)cc1OC. The molecule has 0 bridgehead atoms. The molecule has 2 N–H and O–H groups in total. The molecule has 24 heavy (non-hydrogen) atoms. The van der Waals surface area contributed by atoms with Gasteiger partial charge in [0.25, 0.3) is 5.91 Å². The second-order valence-corrected chi connectivity index (χ2v) is 6.07. The normalized spacial score (nSPS) is 10.4. The van der Waals surface area contributed by atoms with Gasteiger partial charge in [-0.2, -0.15) is 11.3 Å². The van der Waals surface area contributed by atoms with E-state index in [4.69, 9.17) is 9.47 Å². The van der Waals surface area contributed by atoms with Gasteiger partial charge in [0, 0.05) is 13.1 Å². The lowest BCUT2D eigenvalue weighted by Crippen LogP contribution is -2.28. The summed E-state index contributed by atoms with van der Waals surface area (Å²) in [4.78, 5) is 11.5. The van der Waals surface area contributed by atoms with Crippen LogP contribution in [0.1, 0.15) is 18.1 Å². The molecular weight excluding hydrogens is 324 g/mol. The number of carbonyl (C=O) groups excluding carboxylic acids is 1. The van der Waals surface area contributed by atoms with Crippen molar-refractivity contribution in [3.63, 3.8) is 0 Å². The average Bonchev–Trinajstić information content (AvgIpc) is 3.11. The van der Waals surface area contributed by atoms with Crippen LogP contribution in [0.15, 0.2) is 35.0 Å². The summed E-state index contributed by atoms with van der Waals surface area (Å²) in [5, 5.41) is 10.4. The van der Waals surface area contributed by atoms with Crippen LogP contribution in [0, 0.1) is 0 Å². The van der Waals surface area contributed by atoms with Gasteiger partial charge in [0.2, 0.25) is 0 Å². The Balaban J connectivity index is 1.82. The van der Waals surface area contributed by atoms with E-state index < -0.39 is 0 Å². The molecular formula is C18H24N2O3S. The molecule has 0 atom stereocenters. The summed E-state index contributed by atoms with van der Waals surface area (Å²) < 4.78 is 10.9. The highest BCUT2D eigenvalue weighted by Crippen LogP contribution is 2.28. The summed E-state index contributed by atoms with van der Waals surface area (Å²) in [7, 11) is 1.60. The van der Waals surface area contributed by atoms with Crippen molar-refractivity contribution in [3.8, 4) is 11.5 Å². The molecule has 0 unspecified atom stereocenters. The highest BCUT2D eigenvalue weighted by atomic mass is 32.1. The molecule has 5 nitrogen and oxygen atoms in total. The fourth-order valence-corrected chi connectivity index (χ4v) is 2.94. The van der Waals surface area contributed by atoms with Crippen LogP contribution in [0.5, 0.6) is 11.5 Å². The molecule has 2 aromatic rings. The number of likely N-dealkylation sites (N-methyl/N-ethyl adjacent to an activating group) is 1. The van der Waals surface area contributed by atoms with E-state index in [0.717, 1.165) is 25.1 Å². The first kappa shape index (κ1) is 18.3. The van der Waals surface area contributed by atoms with Crippen molar-refractivity contribution in [2.75, 3.05) is 26.8 Å². The molecule has 1 aromatic heterocycles. The smallest absolute Gasteiger partial charge is 0.257 e. The van der Waals surface area contributed by atoms with Gasteiger partial charge in [-0.1, -0.05) is 6.07 Å². The van der Waals surface area contributed by atoms with E-state index in [1.165, 1.54) is 5.56 Å². The fourth-order valence-electron chi connectivity index (χ4n) is 2.23. The predicted molar refractivity (Wildman–Crippen MR) is 96.9 cm³/mol. The zero-order valence-electron chi connectivity index (χ0n) is 14.1. The van der Waals surface area contributed by atoms with Crippen LogP contribution in [0.2, 0.25) is 0 Å². The lowest BCUT2D eigenvalue weighted by molar-refractivity contribution is -0.123. The first-order chi connectivity index (χ1) is 11.7. The zero-order valence-corrected chi connectivity index (χ0v) is 14.9. The molecule has 0 aliphatic heterocycles. The highest BCUT2D eigenvalue weighted by Gasteiger charge is 2.08. The van der Waals surface area contributed by atoms with Gasteiger partial charge >= 0.3 is 0 Å². The number of amides is 1. The Labute approximate surface area is 147 Å². The summed E-state index contributed by atoms with van der Waals surface area (Å²) in [6.07, 6.45) is 1.02. The number of methoxy groups -OCH3 is 1. The molecule has 0 saturated heterocycles. The van der Waals surface area contributed by atoms with Gasteiger partial charge < -0.3 is 20.1 Å². The third-order valence-electron chi connectivity index (χ3n) is 3.46. The topological polar surface area (TPSA) is 59.6 Å². The van der Waals surface area contributed by atoms with E-state index in [9.17, 15) is 4.79 Å².